The standard InChI is InChI=1S/C20H23N2O3/c1-2-4-16(5-3-1)14-22-8-9-23-18(15-22)7-6-17-12-19-20(13-21-17)25-11-10-24-19/h1-5,7,12-13,18H,6,8-11,14-15H2. The fraction of sp³-hybridized carbons (Fsp3) is 0.400. The number of pyridine rings is 1. The molecule has 0 saturated carbocycles. The average molecular weight is 339 g/mol. The molecule has 5 nitrogen and oxygen atoms in total. The van der Waals surface area contributed by atoms with Gasteiger partial charge in [0.1, 0.15) is 13.2 Å². The largest absolute Gasteiger partial charge is 0.486 e. The van der Waals surface area contributed by atoms with Crippen LogP contribution in [0.2, 0.25) is 0 Å². The second-order valence-electron chi connectivity index (χ2n) is 6.39. The first-order valence-corrected chi connectivity index (χ1v) is 8.82. The number of hydrogen-bond acceptors (Lipinski definition) is 5. The molecule has 2 aliphatic rings. The van der Waals surface area contributed by atoms with E-state index in [1.54, 1.807) is 6.20 Å². The fourth-order valence-corrected chi connectivity index (χ4v) is 3.21. The first-order valence-electron chi connectivity index (χ1n) is 8.82. The number of morpholine rings is 1. The smallest absolute Gasteiger partial charge is 0.179 e. The Bertz CT molecular complexity index is 693. The van der Waals surface area contributed by atoms with Crippen LogP contribution in [0.3, 0.4) is 0 Å². The van der Waals surface area contributed by atoms with Crippen LogP contribution in [-0.4, -0.2) is 48.9 Å². The van der Waals surface area contributed by atoms with E-state index in [2.05, 4.69) is 46.6 Å². The number of ether oxygens (including phenoxy) is 3. The monoisotopic (exact) mass is 339 g/mol. The van der Waals surface area contributed by atoms with Crippen molar-refractivity contribution >= 4 is 0 Å². The van der Waals surface area contributed by atoms with E-state index in [0.717, 1.165) is 49.9 Å². The summed E-state index contributed by atoms with van der Waals surface area (Å²) < 4.78 is 17.0. The van der Waals surface area contributed by atoms with Gasteiger partial charge in [0.15, 0.2) is 11.5 Å². The van der Waals surface area contributed by atoms with Crippen LogP contribution in [0.15, 0.2) is 42.6 Å². The van der Waals surface area contributed by atoms with Gasteiger partial charge in [-0.1, -0.05) is 30.3 Å². The Morgan fingerprint density at radius 1 is 1.08 bits per heavy atom. The van der Waals surface area contributed by atoms with E-state index in [9.17, 15) is 0 Å². The third-order valence-electron chi connectivity index (χ3n) is 4.50. The summed E-state index contributed by atoms with van der Waals surface area (Å²) in [6.07, 6.45) is 4.85. The van der Waals surface area contributed by atoms with Gasteiger partial charge in [0, 0.05) is 31.4 Å². The Morgan fingerprint density at radius 3 is 2.80 bits per heavy atom. The van der Waals surface area contributed by atoms with Gasteiger partial charge in [-0.05, 0) is 18.4 Å². The van der Waals surface area contributed by atoms with Gasteiger partial charge in [0.05, 0.1) is 18.9 Å². The molecule has 2 aromatic rings. The molecule has 1 saturated heterocycles. The van der Waals surface area contributed by atoms with Crippen molar-refractivity contribution in [3.05, 3.63) is 60.3 Å². The molecule has 0 N–H and O–H groups in total. The lowest BCUT2D eigenvalue weighted by atomic mass is 10.1. The van der Waals surface area contributed by atoms with Crippen LogP contribution in [0.25, 0.3) is 0 Å². The highest BCUT2D eigenvalue weighted by atomic mass is 16.6. The second kappa shape index (κ2) is 7.85. The molecule has 0 amide bonds. The zero-order chi connectivity index (χ0) is 16.9. The van der Waals surface area contributed by atoms with Crippen molar-refractivity contribution in [3.8, 4) is 11.5 Å². The Kier molecular flexibility index (Phi) is 5.14. The molecular weight excluding hydrogens is 316 g/mol. The van der Waals surface area contributed by atoms with Crippen LogP contribution in [0, 0.1) is 6.42 Å². The van der Waals surface area contributed by atoms with Gasteiger partial charge < -0.3 is 14.2 Å². The fourth-order valence-electron chi connectivity index (χ4n) is 3.21. The molecule has 1 unspecified atom stereocenters. The topological polar surface area (TPSA) is 43.8 Å². The summed E-state index contributed by atoms with van der Waals surface area (Å²) >= 11 is 0. The summed E-state index contributed by atoms with van der Waals surface area (Å²) in [7, 11) is 0. The average Bonchev–Trinajstić information content (AvgIpc) is 2.67. The van der Waals surface area contributed by atoms with E-state index >= 15 is 0 Å². The van der Waals surface area contributed by atoms with Crippen molar-refractivity contribution in [2.75, 3.05) is 32.9 Å². The van der Waals surface area contributed by atoms with Gasteiger partial charge in [-0.25, -0.2) is 0 Å². The molecule has 1 fully saturated rings. The highest BCUT2D eigenvalue weighted by molar-refractivity contribution is 5.40. The zero-order valence-electron chi connectivity index (χ0n) is 14.3. The van der Waals surface area contributed by atoms with E-state index in [1.165, 1.54) is 5.56 Å². The highest BCUT2D eigenvalue weighted by Gasteiger charge is 2.21. The number of benzene rings is 1. The predicted molar refractivity (Wildman–Crippen MR) is 94.7 cm³/mol. The maximum atomic E-state index is 5.90. The first-order chi connectivity index (χ1) is 12.4. The van der Waals surface area contributed by atoms with Crippen LogP contribution in [0.4, 0.5) is 0 Å². The van der Waals surface area contributed by atoms with Gasteiger partial charge in [0.2, 0.25) is 0 Å². The summed E-state index contributed by atoms with van der Waals surface area (Å²) in [5, 5.41) is 0. The van der Waals surface area contributed by atoms with Crippen molar-refractivity contribution in [2.24, 2.45) is 0 Å². The van der Waals surface area contributed by atoms with Crippen LogP contribution < -0.4 is 9.47 Å². The maximum Gasteiger partial charge on any atom is 0.179 e. The Hall–Kier alpha value is -2.11. The number of hydrogen-bond donors (Lipinski definition) is 0. The lowest BCUT2D eigenvalue weighted by Crippen LogP contribution is -2.42. The lowest BCUT2D eigenvalue weighted by molar-refractivity contribution is -0.0153. The Morgan fingerprint density at radius 2 is 1.92 bits per heavy atom. The van der Waals surface area contributed by atoms with Gasteiger partial charge in [-0.3, -0.25) is 9.88 Å². The minimum atomic E-state index is 0.132. The summed E-state index contributed by atoms with van der Waals surface area (Å²) in [6.45, 7) is 4.81. The molecule has 1 aromatic carbocycles. The van der Waals surface area contributed by atoms with Crippen molar-refractivity contribution in [2.45, 2.75) is 19.1 Å². The Labute approximate surface area is 148 Å². The third kappa shape index (κ3) is 4.30. The summed E-state index contributed by atoms with van der Waals surface area (Å²) in [6, 6.07) is 12.6. The normalized spacial score (nSPS) is 20.4. The summed E-state index contributed by atoms with van der Waals surface area (Å²) in [5.41, 5.74) is 2.32. The van der Waals surface area contributed by atoms with Crippen molar-refractivity contribution in [1.82, 2.24) is 9.88 Å². The molecule has 1 radical (unpaired) electrons. The van der Waals surface area contributed by atoms with Gasteiger partial charge in [-0.2, -0.15) is 0 Å². The van der Waals surface area contributed by atoms with Gasteiger partial charge >= 0.3 is 0 Å². The van der Waals surface area contributed by atoms with Crippen molar-refractivity contribution < 1.29 is 14.2 Å². The number of aromatic nitrogens is 1. The molecule has 5 heteroatoms. The van der Waals surface area contributed by atoms with E-state index in [0.29, 0.717) is 13.2 Å². The maximum absolute atomic E-state index is 5.90. The van der Waals surface area contributed by atoms with Crippen LogP contribution >= 0.6 is 0 Å². The third-order valence-corrected chi connectivity index (χ3v) is 4.50. The van der Waals surface area contributed by atoms with Crippen LogP contribution in [0.5, 0.6) is 11.5 Å². The van der Waals surface area contributed by atoms with Crippen LogP contribution in [-0.2, 0) is 17.7 Å². The first kappa shape index (κ1) is 16.4. The number of fused-ring (bicyclic) bond motifs is 1. The molecule has 0 spiro atoms. The van der Waals surface area contributed by atoms with Gasteiger partial charge in [0.25, 0.3) is 0 Å². The molecule has 25 heavy (non-hydrogen) atoms. The molecule has 1 atom stereocenters. The minimum Gasteiger partial charge on any atom is -0.486 e. The quantitative estimate of drug-likeness (QED) is 0.837. The molecule has 2 aliphatic heterocycles. The number of nitrogens with zero attached hydrogens (tertiary/aromatic N) is 2. The van der Waals surface area contributed by atoms with E-state index < -0.39 is 0 Å². The SMILES string of the molecule is [CH](Cc1cc2c(cn1)OCCO2)C1CN(Cc2ccccc2)CCO1. The van der Waals surface area contributed by atoms with Crippen molar-refractivity contribution in [1.29, 1.82) is 0 Å². The molecule has 131 valence electrons. The predicted octanol–water partition coefficient (Wildman–Crippen LogP) is 2.50. The molecule has 0 bridgehead atoms. The zero-order valence-corrected chi connectivity index (χ0v) is 14.3. The van der Waals surface area contributed by atoms with E-state index in [-0.39, 0.29) is 6.10 Å². The van der Waals surface area contributed by atoms with Crippen molar-refractivity contribution in [3.63, 3.8) is 0 Å². The molecule has 4 rings (SSSR count). The summed E-state index contributed by atoms with van der Waals surface area (Å²) in [4.78, 5) is 6.90. The molecule has 1 aromatic heterocycles. The summed E-state index contributed by atoms with van der Waals surface area (Å²) in [5.74, 6) is 1.53. The second-order valence-corrected chi connectivity index (χ2v) is 6.39. The van der Waals surface area contributed by atoms with E-state index in [4.69, 9.17) is 14.2 Å². The van der Waals surface area contributed by atoms with Gasteiger partial charge in [-0.15, -0.1) is 0 Å². The molecule has 3 heterocycles. The molecular formula is C20H23N2O3. The van der Waals surface area contributed by atoms with E-state index in [1.807, 2.05) is 6.07 Å². The van der Waals surface area contributed by atoms with Crippen LogP contribution in [0.1, 0.15) is 11.3 Å². The number of rotatable bonds is 5. The molecule has 0 aliphatic carbocycles. The Balaban J connectivity index is 1.30. The minimum absolute atomic E-state index is 0.132. The lowest BCUT2D eigenvalue weighted by Gasteiger charge is -2.32. The highest BCUT2D eigenvalue weighted by Crippen LogP contribution is 2.29.